The van der Waals surface area contributed by atoms with E-state index >= 15 is 0 Å². The topological polar surface area (TPSA) is 75.2 Å². The molecular formula is C23H23N3O4. The average molecular weight is 405 g/mol. The number of carbonyl (C=O) groups is 1. The summed E-state index contributed by atoms with van der Waals surface area (Å²) in [4.78, 5) is 38.5. The second-order valence-electron chi connectivity index (χ2n) is 7.49. The average Bonchev–Trinajstić information content (AvgIpc) is 3.07. The molecule has 0 spiro atoms. The Morgan fingerprint density at radius 1 is 1.07 bits per heavy atom. The molecule has 0 N–H and O–H groups in total. The fraction of sp³-hybridized carbons (Fsp3) is 0.261. The molecule has 7 heteroatoms. The van der Waals surface area contributed by atoms with Crippen molar-refractivity contribution in [1.82, 2.24) is 13.7 Å². The lowest BCUT2D eigenvalue weighted by Crippen LogP contribution is -2.44. The van der Waals surface area contributed by atoms with Crippen molar-refractivity contribution >= 4 is 27.8 Å². The van der Waals surface area contributed by atoms with Crippen molar-refractivity contribution in [3.63, 3.8) is 0 Å². The lowest BCUT2D eigenvalue weighted by Gasteiger charge is -2.17. The summed E-state index contributed by atoms with van der Waals surface area (Å²) >= 11 is 0. The van der Waals surface area contributed by atoms with Gasteiger partial charge in [-0.15, -0.1) is 0 Å². The number of benzene rings is 2. The zero-order valence-corrected chi connectivity index (χ0v) is 17.4. The Morgan fingerprint density at radius 2 is 1.77 bits per heavy atom. The first-order valence-corrected chi connectivity index (χ1v) is 9.70. The summed E-state index contributed by atoms with van der Waals surface area (Å²) in [5.41, 5.74) is 2.64. The molecule has 0 unspecified atom stereocenters. The number of rotatable bonds is 4. The third-order valence-corrected chi connectivity index (χ3v) is 5.64. The third-order valence-electron chi connectivity index (χ3n) is 5.64. The van der Waals surface area contributed by atoms with Crippen molar-refractivity contribution in [3.05, 3.63) is 80.6 Å². The summed E-state index contributed by atoms with van der Waals surface area (Å²) in [6.07, 6.45) is 2.00. The van der Waals surface area contributed by atoms with Crippen LogP contribution in [0.1, 0.15) is 24.1 Å². The number of esters is 1. The van der Waals surface area contributed by atoms with Crippen LogP contribution >= 0.6 is 0 Å². The predicted octanol–water partition coefficient (Wildman–Crippen LogP) is 2.75. The third kappa shape index (κ3) is 2.94. The Kier molecular flexibility index (Phi) is 4.81. The van der Waals surface area contributed by atoms with Crippen LogP contribution < -0.4 is 11.2 Å². The lowest BCUT2D eigenvalue weighted by molar-refractivity contribution is -0.144. The summed E-state index contributed by atoms with van der Waals surface area (Å²) < 4.78 is 9.33. The highest BCUT2D eigenvalue weighted by molar-refractivity contribution is 5.87. The first-order chi connectivity index (χ1) is 14.3. The molecule has 2 heterocycles. The molecule has 30 heavy (non-hydrogen) atoms. The van der Waals surface area contributed by atoms with E-state index in [1.54, 1.807) is 28.8 Å². The minimum absolute atomic E-state index is 0.274. The van der Waals surface area contributed by atoms with E-state index in [0.29, 0.717) is 10.9 Å². The minimum atomic E-state index is -1.03. The molecule has 0 bridgehead atoms. The maximum absolute atomic E-state index is 13.4. The van der Waals surface area contributed by atoms with Crippen molar-refractivity contribution in [2.45, 2.75) is 26.4 Å². The van der Waals surface area contributed by atoms with Gasteiger partial charge in [0, 0.05) is 24.1 Å². The van der Waals surface area contributed by atoms with Gasteiger partial charge in [0.05, 0.1) is 24.6 Å². The molecule has 1 atom stereocenters. The SMILES string of the molecule is COC(=O)[C@H](C)n1c(=O)c2ccccc2n(Cc2cn(C)c3cccc(C)c23)c1=O. The van der Waals surface area contributed by atoms with Crippen LogP contribution in [0.15, 0.2) is 58.3 Å². The smallest absolute Gasteiger partial charge is 0.332 e. The Bertz CT molecular complexity index is 1410. The summed E-state index contributed by atoms with van der Waals surface area (Å²) in [7, 11) is 3.20. The largest absolute Gasteiger partial charge is 0.467 e. The second-order valence-corrected chi connectivity index (χ2v) is 7.49. The monoisotopic (exact) mass is 405 g/mol. The van der Waals surface area contributed by atoms with Crippen molar-refractivity contribution in [2.75, 3.05) is 7.11 Å². The van der Waals surface area contributed by atoms with Crippen molar-refractivity contribution in [2.24, 2.45) is 7.05 Å². The number of hydrogen-bond acceptors (Lipinski definition) is 4. The first kappa shape index (κ1) is 19.7. The van der Waals surface area contributed by atoms with Crippen LogP contribution in [-0.2, 0) is 23.1 Å². The van der Waals surface area contributed by atoms with Crippen molar-refractivity contribution in [1.29, 1.82) is 0 Å². The number of ether oxygens (including phenoxy) is 1. The van der Waals surface area contributed by atoms with Crippen LogP contribution in [0.5, 0.6) is 0 Å². The fourth-order valence-corrected chi connectivity index (χ4v) is 4.13. The standard InChI is InChI=1S/C23H23N3O4/c1-14-8-7-11-19-20(14)16(12-24(19)3)13-25-18-10-6-5-9-17(18)21(27)26(23(25)29)15(2)22(28)30-4/h5-12,15H,13H2,1-4H3/t15-/m0/s1. The van der Waals surface area contributed by atoms with Crippen LogP contribution in [0, 0.1) is 6.92 Å². The van der Waals surface area contributed by atoms with Gasteiger partial charge in [-0.05, 0) is 43.2 Å². The number of nitrogens with zero attached hydrogens (tertiary/aromatic N) is 3. The molecule has 2 aromatic heterocycles. The van der Waals surface area contributed by atoms with Gasteiger partial charge in [-0.3, -0.25) is 9.36 Å². The quantitative estimate of drug-likeness (QED) is 0.489. The Morgan fingerprint density at radius 3 is 2.50 bits per heavy atom. The van der Waals surface area contributed by atoms with E-state index in [1.807, 2.05) is 42.9 Å². The molecule has 4 aromatic rings. The number of hydrogen-bond donors (Lipinski definition) is 0. The maximum Gasteiger partial charge on any atom is 0.332 e. The highest BCUT2D eigenvalue weighted by atomic mass is 16.5. The number of aromatic nitrogens is 3. The molecule has 0 aliphatic carbocycles. The van der Waals surface area contributed by atoms with E-state index in [-0.39, 0.29) is 6.54 Å². The van der Waals surface area contributed by atoms with E-state index in [1.165, 1.54) is 14.0 Å². The van der Waals surface area contributed by atoms with Crippen LogP contribution in [0.4, 0.5) is 0 Å². The zero-order valence-electron chi connectivity index (χ0n) is 17.4. The van der Waals surface area contributed by atoms with Gasteiger partial charge in [0.15, 0.2) is 0 Å². The molecule has 0 radical (unpaired) electrons. The molecule has 7 nitrogen and oxygen atoms in total. The van der Waals surface area contributed by atoms with Gasteiger partial charge in [0.2, 0.25) is 0 Å². The molecule has 0 amide bonds. The van der Waals surface area contributed by atoms with Gasteiger partial charge < -0.3 is 9.30 Å². The van der Waals surface area contributed by atoms with Crippen molar-refractivity contribution in [3.8, 4) is 0 Å². The molecular weight excluding hydrogens is 382 g/mol. The van der Waals surface area contributed by atoms with Crippen LogP contribution in [0.25, 0.3) is 21.8 Å². The van der Waals surface area contributed by atoms with Gasteiger partial charge in [-0.2, -0.15) is 0 Å². The number of aryl methyl sites for hydroxylation is 2. The first-order valence-electron chi connectivity index (χ1n) is 9.70. The Balaban J connectivity index is 2.02. The molecule has 0 aliphatic rings. The number of methoxy groups -OCH3 is 1. The number of fused-ring (bicyclic) bond motifs is 2. The van der Waals surface area contributed by atoms with Crippen molar-refractivity contribution < 1.29 is 9.53 Å². The number of carbonyl (C=O) groups excluding carboxylic acids is 1. The number of para-hydroxylation sites is 1. The summed E-state index contributed by atoms with van der Waals surface area (Å²) in [6, 6.07) is 12.0. The fourth-order valence-electron chi connectivity index (χ4n) is 4.13. The normalized spacial score (nSPS) is 12.4. The predicted molar refractivity (Wildman–Crippen MR) is 116 cm³/mol. The van der Waals surface area contributed by atoms with E-state index in [9.17, 15) is 14.4 Å². The molecule has 4 rings (SSSR count). The van der Waals surface area contributed by atoms with Crippen LogP contribution in [0.2, 0.25) is 0 Å². The summed E-state index contributed by atoms with van der Waals surface area (Å²) in [5.74, 6) is -0.642. The molecule has 2 aromatic carbocycles. The molecule has 154 valence electrons. The van der Waals surface area contributed by atoms with Gasteiger partial charge in [0.25, 0.3) is 5.56 Å². The molecule has 0 saturated carbocycles. The van der Waals surface area contributed by atoms with E-state index in [4.69, 9.17) is 4.74 Å². The van der Waals surface area contributed by atoms with Crippen LogP contribution in [0.3, 0.4) is 0 Å². The minimum Gasteiger partial charge on any atom is -0.467 e. The molecule has 0 aliphatic heterocycles. The van der Waals surface area contributed by atoms with Gasteiger partial charge >= 0.3 is 11.7 Å². The Labute approximate surface area is 172 Å². The highest BCUT2D eigenvalue weighted by Crippen LogP contribution is 2.25. The molecule has 0 fully saturated rings. The zero-order chi connectivity index (χ0) is 21.6. The van der Waals surface area contributed by atoms with Crippen LogP contribution in [-0.4, -0.2) is 26.8 Å². The summed E-state index contributed by atoms with van der Waals surface area (Å²) in [5, 5.41) is 1.46. The maximum atomic E-state index is 13.4. The second kappa shape index (κ2) is 7.33. The van der Waals surface area contributed by atoms with E-state index < -0.39 is 23.3 Å². The van der Waals surface area contributed by atoms with Gasteiger partial charge in [-0.1, -0.05) is 24.3 Å². The lowest BCUT2D eigenvalue weighted by atomic mass is 10.1. The van der Waals surface area contributed by atoms with Gasteiger partial charge in [0.1, 0.15) is 6.04 Å². The highest BCUT2D eigenvalue weighted by Gasteiger charge is 2.23. The molecule has 0 saturated heterocycles. The van der Waals surface area contributed by atoms with E-state index in [2.05, 4.69) is 0 Å². The van der Waals surface area contributed by atoms with E-state index in [0.717, 1.165) is 26.6 Å². The summed E-state index contributed by atoms with van der Waals surface area (Å²) in [6.45, 7) is 3.80. The van der Waals surface area contributed by atoms with Gasteiger partial charge in [-0.25, -0.2) is 14.2 Å². The Hall–Kier alpha value is -3.61.